The summed E-state index contributed by atoms with van der Waals surface area (Å²) < 4.78 is 35.6. The highest BCUT2D eigenvalue weighted by Crippen LogP contribution is 2.37. The molecule has 2 N–H and O–H groups in total. The van der Waals surface area contributed by atoms with Gasteiger partial charge in [-0.25, -0.2) is 0 Å². The molecule has 0 radical (unpaired) electrons. The Balaban J connectivity index is 2.45. The lowest BCUT2D eigenvalue weighted by atomic mass is 10.1. The summed E-state index contributed by atoms with van der Waals surface area (Å²) in [6, 6.07) is -0.230. The topological polar surface area (TPSA) is 26.0 Å². The van der Waals surface area contributed by atoms with E-state index in [4.69, 9.17) is 5.73 Å². The number of alkyl halides is 3. The lowest BCUT2D eigenvalue weighted by molar-refractivity contribution is -0.172. The van der Waals surface area contributed by atoms with E-state index in [2.05, 4.69) is 0 Å². The van der Waals surface area contributed by atoms with Crippen molar-refractivity contribution >= 4 is 0 Å². The molecule has 0 heterocycles. The van der Waals surface area contributed by atoms with E-state index in [0.29, 0.717) is 6.42 Å². The van der Waals surface area contributed by atoms with Crippen molar-refractivity contribution in [3.05, 3.63) is 0 Å². The van der Waals surface area contributed by atoms with E-state index in [1.54, 1.807) is 0 Å². The monoisotopic (exact) mass is 153 g/mol. The van der Waals surface area contributed by atoms with E-state index in [-0.39, 0.29) is 18.9 Å². The molecule has 0 aliphatic heterocycles. The minimum absolute atomic E-state index is 0.115. The van der Waals surface area contributed by atoms with Gasteiger partial charge in [0.1, 0.15) is 0 Å². The Kier molecular flexibility index (Phi) is 1.90. The van der Waals surface area contributed by atoms with Crippen LogP contribution < -0.4 is 5.73 Å². The maximum atomic E-state index is 11.9. The van der Waals surface area contributed by atoms with Crippen LogP contribution in [0.2, 0.25) is 0 Å². The van der Waals surface area contributed by atoms with E-state index in [1.807, 2.05) is 0 Å². The third-order valence-electron chi connectivity index (χ3n) is 1.94. The minimum Gasteiger partial charge on any atom is -0.328 e. The molecule has 0 bridgehead atoms. The smallest absolute Gasteiger partial charge is 0.328 e. The van der Waals surface area contributed by atoms with Gasteiger partial charge in [-0.05, 0) is 19.3 Å². The summed E-state index contributed by atoms with van der Waals surface area (Å²) in [7, 11) is 0. The Morgan fingerprint density at radius 1 is 1.20 bits per heavy atom. The first-order chi connectivity index (χ1) is 4.50. The lowest BCUT2D eigenvalue weighted by Crippen LogP contribution is -2.22. The molecule has 1 rings (SSSR count). The maximum absolute atomic E-state index is 11.9. The van der Waals surface area contributed by atoms with Crippen LogP contribution in [0.1, 0.15) is 19.3 Å². The molecule has 0 amide bonds. The van der Waals surface area contributed by atoms with Crippen molar-refractivity contribution in [2.24, 2.45) is 11.7 Å². The molecule has 1 aliphatic carbocycles. The molecule has 0 aromatic heterocycles. The number of nitrogens with two attached hydrogens (primary N) is 1. The van der Waals surface area contributed by atoms with Crippen molar-refractivity contribution < 1.29 is 13.2 Å². The molecule has 60 valence electrons. The second-order valence-electron chi connectivity index (χ2n) is 2.81. The van der Waals surface area contributed by atoms with Gasteiger partial charge in [-0.1, -0.05) is 0 Å². The highest BCUT2D eigenvalue weighted by atomic mass is 19.4. The molecule has 2 atom stereocenters. The number of rotatable bonds is 0. The molecular formula is C6H10F3N. The molecule has 1 nitrogen and oxygen atoms in total. The molecular weight excluding hydrogens is 143 g/mol. The maximum Gasteiger partial charge on any atom is 0.391 e. The van der Waals surface area contributed by atoms with Crippen LogP contribution in [-0.4, -0.2) is 12.2 Å². The molecule has 0 spiro atoms. The van der Waals surface area contributed by atoms with Crippen LogP contribution in [0.15, 0.2) is 0 Å². The highest BCUT2D eigenvalue weighted by molar-refractivity contribution is 4.81. The second kappa shape index (κ2) is 2.42. The third kappa shape index (κ3) is 1.62. The summed E-state index contributed by atoms with van der Waals surface area (Å²) in [6.45, 7) is 0. The summed E-state index contributed by atoms with van der Waals surface area (Å²) in [5, 5.41) is 0. The summed E-state index contributed by atoms with van der Waals surface area (Å²) in [6.07, 6.45) is -3.17. The Morgan fingerprint density at radius 3 is 2.00 bits per heavy atom. The molecule has 1 fully saturated rings. The van der Waals surface area contributed by atoms with Gasteiger partial charge in [0, 0.05) is 6.04 Å². The second-order valence-corrected chi connectivity index (χ2v) is 2.81. The zero-order chi connectivity index (χ0) is 7.78. The lowest BCUT2D eigenvalue weighted by Gasteiger charge is -2.12. The Labute approximate surface area is 57.4 Å². The quantitative estimate of drug-likeness (QED) is 0.563. The molecule has 0 aromatic rings. The van der Waals surface area contributed by atoms with Gasteiger partial charge < -0.3 is 5.73 Å². The summed E-state index contributed by atoms with van der Waals surface area (Å²) in [5.41, 5.74) is 5.32. The van der Waals surface area contributed by atoms with E-state index in [9.17, 15) is 13.2 Å². The van der Waals surface area contributed by atoms with Crippen LogP contribution in [0.3, 0.4) is 0 Å². The zero-order valence-corrected chi connectivity index (χ0v) is 5.49. The fourth-order valence-electron chi connectivity index (χ4n) is 1.31. The first kappa shape index (κ1) is 7.85. The summed E-state index contributed by atoms with van der Waals surface area (Å²) >= 11 is 0. The highest BCUT2D eigenvalue weighted by Gasteiger charge is 2.42. The van der Waals surface area contributed by atoms with Crippen LogP contribution in [0, 0.1) is 5.92 Å². The number of hydrogen-bond acceptors (Lipinski definition) is 1. The van der Waals surface area contributed by atoms with Crippen LogP contribution in [0.25, 0.3) is 0 Å². The van der Waals surface area contributed by atoms with Crippen LogP contribution >= 0.6 is 0 Å². The van der Waals surface area contributed by atoms with Crippen LogP contribution in [0.4, 0.5) is 13.2 Å². The molecule has 0 saturated heterocycles. The fraction of sp³-hybridized carbons (Fsp3) is 1.00. The van der Waals surface area contributed by atoms with Gasteiger partial charge in [-0.15, -0.1) is 0 Å². The third-order valence-corrected chi connectivity index (χ3v) is 1.94. The van der Waals surface area contributed by atoms with Crippen molar-refractivity contribution in [3.63, 3.8) is 0 Å². The fourth-order valence-corrected chi connectivity index (χ4v) is 1.31. The number of halogens is 3. The van der Waals surface area contributed by atoms with Gasteiger partial charge in [0.15, 0.2) is 0 Å². The first-order valence-corrected chi connectivity index (χ1v) is 3.32. The van der Waals surface area contributed by atoms with E-state index < -0.39 is 12.1 Å². The largest absolute Gasteiger partial charge is 0.391 e. The van der Waals surface area contributed by atoms with Gasteiger partial charge in [0.25, 0.3) is 0 Å². The minimum atomic E-state index is -4.02. The molecule has 1 aliphatic rings. The van der Waals surface area contributed by atoms with Gasteiger partial charge in [-0.2, -0.15) is 13.2 Å². The Hall–Kier alpha value is -0.250. The van der Waals surface area contributed by atoms with Crippen LogP contribution in [-0.2, 0) is 0 Å². The molecule has 0 unspecified atom stereocenters. The van der Waals surface area contributed by atoms with Gasteiger partial charge in [-0.3, -0.25) is 0 Å². The SMILES string of the molecule is N[C@H]1CC[C@@H](C(F)(F)F)C1. The first-order valence-electron chi connectivity index (χ1n) is 3.32. The van der Waals surface area contributed by atoms with Crippen LogP contribution in [0.5, 0.6) is 0 Å². The number of hydrogen-bond donors (Lipinski definition) is 1. The molecule has 4 heteroatoms. The summed E-state index contributed by atoms with van der Waals surface area (Å²) in [4.78, 5) is 0. The molecule has 0 aromatic carbocycles. The van der Waals surface area contributed by atoms with E-state index in [0.717, 1.165) is 0 Å². The summed E-state index contributed by atoms with van der Waals surface area (Å²) in [5.74, 6) is -1.14. The Morgan fingerprint density at radius 2 is 1.80 bits per heavy atom. The van der Waals surface area contributed by atoms with Gasteiger partial charge in [0.05, 0.1) is 5.92 Å². The molecule has 1 saturated carbocycles. The normalized spacial score (nSPS) is 34.8. The average Bonchev–Trinajstić information content (AvgIpc) is 2.11. The van der Waals surface area contributed by atoms with Crippen molar-refractivity contribution in [1.82, 2.24) is 0 Å². The van der Waals surface area contributed by atoms with Crippen molar-refractivity contribution in [2.75, 3.05) is 0 Å². The zero-order valence-electron chi connectivity index (χ0n) is 5.49. The standard InChI is InChI=1S/C6H10F3N/c7-6(8,9)4-1-2-5(10)3-4/h4-5H,1-3,10H2/t4-,5+/m1/s1. The predicted molar refractivity (Wildman–Crippen MR) is 31.4 cm³/mol. The average molecular weight is 153 g/mol. The Bertz CT molecular complexity index is 121. The van der Waals surface area contributed by atoms with E-state index >= 15 is 0 Å². The van der Waals surface area contributed by atoms with Crippen molar-refractivity contribution in [3.8, 4) is 0 Å². The van der Waals surface area contributed by atoms with Crippen molar-refractivity contribution in [2.45, 2.75) is 31.5 Å². The van der Waals surface area contributed by atoms with Gasteiger partial charge in [0.2, 0.25) is 0 Å². The van der Waals surface area contributed by atoms with Crippen molar-refractivity contribution in [1.29, 1.82) is 0 Å². The van der Waals surface area contributed by atoms with E-state index in [1.165, 1.54) is 0 Å². The van der Waals surface area contributed by atoms with Gasteiger partial charge >= 0.3 is 6.18 Å². The predicted octanol–water partition coefficient (Wildman–Crippen LogP) is 1.68. The molecule has 10 heavy (non-hydrogen) atoms.